The molecule has 2 aromatic heterocycles. The molecule has 1 spiro atoms. The van der Waals surface area contributed by atoms with E-state index in [1.807, 2.05) is 19.1 Å². The normalized spacial score (nSPS) is 16.5. The number of nitriles is 1. The Bertz CT molecular complexity index is 1350. The number of carbonyl (C=O) groups excluding carboxylic acids is 1. The van der Waals surface area contributed by atoms with E-state index in [1.54, 1.807) is 24.2 Å². The molecular formula is C24H23N7O. The molecule has 1 aromatic carbocycles. The van der Waals surface area contributed by atoms with Gasteiger partial charge in [0.2, 0.25) is 0 Å². The van der Waals surface area contributed by atoms with Crippen LogP contribution in [0.25, 0.3) is 22.0 Å². The second-order valence-electron chi connectivity index (χ2n) is 8.69. The maximum absolute atomic E-state index is 12.0. The fraction of sp³-hybridized carbons (Fsp3) is 0.333. The van der Waals surface area contributed by atoms with Crippen LogP contribution in [0, 0.1) is 35.5 Å². The van der Waals surface area contributed by atoms with Gasteiger partial charge < -0.3 is 15.5 Å². The van der Waals surface area contributed by atoms with Gasteiger partial charge in [-0.15, -0.1) is 0 Å². The Morgan fingerprint density at radius 2 is 2.09 bits per heavy atom. The number of nitrogens with two attached hydrogens (primary N) is 1. The summed E-state index contributed by atoms with van der Waals surface area (Å²) in [5, 5.41) is 18.1. The summed E-state index contributed by atoms with van der Waals surface area (Å²) in [6.45, 7) is 6.68. The van der Waals surface area contributed by atoms with Crippen molar-refractivity contribution >= 4 is 28.3 Å². The third-order valence-electron chi connectivity index (χ3n) is 6.62. The number of nitrogens with zero attached hydrogens (tertiary/aromatic N) is 5. The van der Waals surface area contributed by atoms with Gasteiger partial charge in [-0.2, -0.15) is 10.4 Å². The highest BCUT2D eigenvalue weighted by Gasteiger charge is 2.49. The number of anilines is 2. The third kappa shape index (κ3) is 2.96. The number of benzene rings is 1. The van der Waals surface area contributed by atoms with Gasteiger partial charge in [0.25, 0.3) is 5.91 Å². The van der Waals surface area contributed by atoms with E-state index in [-0.39, 0.29) is 11.3 Å². The number of rotatable bonds is 2. The second-order valence-corrected chi connectivity index (χ2v) is 8.69. The quantitative estimate of drug-likeness (QED) is 0.610. The molecule has 8 nitrogen and oxygen atoms in total. The Balaban J connectivity index is 1.50. The molecule has 0 saturated carbocycles. The molecule has 8 heteroatoms. The van der Waals surface area contributed by atoms with Crippen LogP contribution in [0.3, 0.4) is 0 Å². The van der Waals surface area contributed by atoms with Crippen molar-refractivity contribution in [3.05, 3.63) is 35.7 Å². The Hall–Kier alpha value is -4.04. The molecule has 32 heavy (non-hydrogen) atoms. The highest BCUT2D eigenvalue weighted by Crippen LogP contribution is 2.44. The van der Waals surface area contributed by atoms with Gasteiger partial charge in [0.1, 0.15) is 6.07 Å². The number of aryl methyl sites for hydroxylation is 1. The van der Waals surface area contributed by atoms with Crippen molar-refractivity contribution in [2.75, 3.05) is 36.8 Å². The number of aromatic nitrogens is 3. The smallest absolute Gasteiger partial charge is 0.298 e. The summed E-state index contributed by atoms with van der Waals surface area (Å²) in [6.07, 6.45) is 4.46. The van der Waals surface area contributed by atoms with Crippen LogP contribution in [0.4, 0.5) is 11.5 Å². The molecule has 0 unspecified atom stereocenters. The Morgan fingerprint density at radius 3 is 2.84 bits per heavy atom. The van der Waals surface area contributed by atoms with Crippen LogP contribution in [-0.4, -0.2) is 52.2 Å². The van der Waals surface area contributed by atoms with Crippen molar-refractivity contribution in [1.29, 1.82) is 5.26 Å². The van der Waals surface area contributed by atoms with Gasteiger partial charge >= 0.3 is 0 Å². The number of hydrogen-bond acceptors (Lipinski definition) is 6. The summed E-state index contributed by atoms with van der Waals surface area (Å²) in [5.41, 5.74) is 11.1. The fourth-order valence-corrected chi connectivity index (χ4v) is 5.08. The molecule has 0 atom stereocenters. The maximum atomic E-state index is 12.0. The molecule has 4 heterocycles. The number of hydrogen-bond donors (Lipinski definition) is 2. The number of carbonyl (C=O) groups is 1. The molecule has 160 valence electrons. The van der Waals surface area contributed by atoms with Crippen LogP contribution in [-0.2, 0) is 4.79 Å². The van der Waals surface area contributed by atoms with Gasteiger partial charge in [0.05, 0.1) is 28.4 Å². The summed E-state index contributed by atoms with van der Waals surface area (Å²) >= 11 is 0. The molecule has 0 aliphatic carbocycles. The van der Waals surface area contributed by atoms with E-state index >= 15 is 0 Å². The molecule has 1 amide bonds. The van der Waals surface area contributed by atoms with E-state index in [0.29, 0.717) is 24.5 Å². The van der Waals surface area contributed by atoms with Crippen LogP contribution in [0.15, 0.2) is 24.5 Å². The Morgan fingerprint density at radius 1 is 1.28 bits per heavy atom. The zero-order valence-electron chi connectivity index (χ0n) is 18.1. The van der Waals surface area contributed by atoms with Crippen molar-refractivity contribution in [3.8, 4) is 29.0 Å². The number of H-pyrrole nitrogens is 1. The highest BCUT2D eigenvalue weighted by molar-refractivity contribution is 6.04. The summed E-state index contributed by atoms with van der Waals surface area (Å²) in [5.74, 6) is 5.58. The van der Waals surface area contributed by atoms with Crippen LogP contribution in [0.2, 0.25) is 0 Å². The molecule has 2 aliphatic rings. The lowest BCUT2D eigenvalue weighted by atomic mass is 9.79. The molecule has 0 bridgehead atoms. The van der Waals surface area contributed by atoms with E-state index in [0.717, 1.165) is 52.8 Å². The van der Waals surface area contributed by atoms with Crippen molar-refractivity contribution in [2.24, 2.45) is 5.41 Å². The van der Waals surface area contributed by atoms with Crippen LogP contribution >= 0.6 is 0 Å². The maximum Gasteiger partial charge on any atom is 0.298 e. The first kappa shape index (κ1) is 19.9. The van der Waals surface area contributed by atoms with Gasteiger partial charge in [-0.25, -0.2) is 0 Å². The second kappa shape index (κ2) is 7.28. The molecular weight excluding hydrogens is 402 g/mol. The zero-order valence-corrected chi connectivity index (χ0v) is 18.1. The zero-order chi connectivity index (χ0) is 22.5. The van der Waals surface area contributed by atoms with Crippen molar-refractivity contribution in [3.63, 3.8) is 0 Å². The molecule has 2 aliphatic heterocycles. The molecule has 2 saturated heterocycles. The topological polar surface area (TPSA) is 115 Å². The van der Waals surface area contributed by atoms with Crippen LogP contribution in [0.1, 0.15) is 24.5 Å². The van der Waals surface area contributed by atoms with Crippen molar-refractivity contribution < 1.29 is 4.79 Å². The lowest BCUT2D eigenvalue weighted by molar-refractivity contribution is -0.135. The van der Waals surface area contributed by atoms with Gasteiger partial charge in [0, 0.05) is 48.9 Å². The van der Waals surface area contributed by atoms with Gasteiger partial charge in [0.15, 0.2) is 5.82 Å². The lowest BCUT2D eigenvalue weighted by Crippen LogP contribution is -2.59. The van der Waals surface area contributed by atoms with E-state index < -0.39 is 0 Å². The average molecular weight is 425 g/mol. The van der Waals surface area contributed by atoms with E-state index in [1.165, 1.54) is 0 Å². The predicted molar refractivity (Wildman–Crippen MR) is 122 cm³/mol. The number of fused-ring (bicyclic) bond motifs is 1. The number of amides is 1. The molecule has 5 rings (SSSR count). The average Bonchev–Trinajstić information content (AvgIpc) is 3.37. The lowest BCUT2D eigenvalue weighted by Gasteiger charge is -2.47. The number of nitrogen functional groups attached to an aromatic ring is 1. The first-order chi connectivity index (χ1) is 15.5. The largest absolute Gasteiger partial charge is 0.382 e. The van der Waals surface area contributed by atoms with Crippen LogP contribution in [0.5, 0.6) is 0 Å². The Kier molecular flexibility index (Phi) is 4.53. The summed E-state index contributed by atoms with van der Waals surface area (Å²) < 4.78 is 0. The summed E-state index contributed by atoms with van der Waals surface area (Å²) in [6, 6.07) is 6.35. The molecule has 3 N–H and O–H groups in total. The van der Waals surface area contributed by atoms with E-state index in [4.69, 9.17) is 5.73 Å². The first-order valence-corrected chi connectivity index (χ1v) is 10.5. The highest BCUT2D eigenvalue weighted by atomic mass is 16.2. The molecule has 2 fully saturated rings. The summed E-state index contributed by atoms with van der Waals surface area (Å²) in [7, 11) is 0. The van der Waals surface area contributed by atoms with Gasteiger partial charge in [-0.1, -0.05) is 12.0 Å². The number of likely N-dealkylation sites (tertiary alicyclic amines) is 1. The van der Waals surface area contributed by atoms with Crippen LogP contribution < -0.4 is 10.6 Å². The number of nitrogens with one attached hydrogen (secondary N) is 1. The minimum atomic E-state index is -0.112. The minimum absolute atomic E-state index is 0.0543. The standard InChI is InChI=1S/C24H23N7O/c1-3-4-20(32)31-13-24(14-31)7-8-30(12-24)19-11-27-10-17(16(19)9-25)21-15(2)5-6-18-22(21)23(26)29-28-18/h5-6,10-11H,7-8,12-14H2,1-2H3,(H3,26,28,29). The molecule has 3 aromatic rings. The predicted octanol–water partition coefficient (Wildman–Crippen LogP) is 2.45. The minimum Gasteiger partial charge on any atom is -0.382 e. The monoisotopic (exact) mass is 425 g/mol. The number of pyridine rings is 1. The molecule has 0 radical (unpaired) electrons. The van der Waals surface area contributed by atoms with Crippen molar-refractivity contribution in [1.82, 2.24) is 20.1 Å². The fourth-order valence-electron chi connectivity index (χ4n) is 5.08. The van der Waals surface area contributed by atoms with E-state index in [2.05, 4.69) is 38.0 Å². The third-order valence-corrected chi connectivity index (χ3v) is 6.62. The van der Waals surface area contributed by atoms with E-state index in [9.17, 15) is 10.1 Å². The van der Waals surface area contributed by atoms with Gasteiger partial charge in [-0.3, -0.25) is 14.9 Å². The Labute approximate surface area is 186 Å². The summed E-state index contributed by atoms with van der Waals surface area (Å²) in [4.78, 5) is 20.5. The number of aromatic amines is 1. The van der Waals surface area contributed by atoms with Crippen molar-refractivity contribution in [2.45, 2.75) is 20.3 Å². The SMILES string of the molecule is CC#CC(=O)N1CC2(CCN(c3cncc(-c4c(C)ccc5[nH]nc(N)c45)c3C#N)C2)C1. The van der Waals surface area contributed by atoms with Gasteiger partial charge in [-0.05, 0) is 37.8 Å². The first-order valence-electron chi connectivity index (χ1n) is 10.5.